The number of nitrogens with one attached hydrogen (secondary N) is 1. The van der Waals surface area contributed by atoms with Gasteiger partial charge in [-0.2, -0.15) is 0 Å². The maximum Gasteiger partial charge on any atom is 0.331 e. The van der Waals surface area contributed by atoms with Crippen LogP contribution in [0.25, 0.3) is 0 Å². The second-order valence-electron chi connectivity index (χ2n) is 3.21. The monoisotopic (exact) mass is 273 g/mol. The zero-order valence-electron chi connectivity index (χ0n) is 7.86. The molecule has 7 heteroatoms. The van der Waals surface area contributed by atoms with Crippen molar-refractivity contribution in [3.63, 3.8) is 0 Å². The average Bonchev–Trinajstić information content (AvgIpc) is 2.58. The minimum Gasteiger partial charge on any atom is -0.369 e. The van der Waals surface area contributed by atoms with Crippen molar-refractivity contribution in [3.05, 3.63) is 32.6 Å². The van der Waals surface area contributed by atoms with E-state index in [4.69, 9.17) is 4.84 Å². The number of halogens is 1. The third-order valence-electron chi connectivity index (χ3n) is 2.07. The van der Waals surface area contributed by atoms with Gasteiger partial charge in [-0.05, 0) is 22.9 Å². The first-order valence-electron chi connectivity index (χ1n) is 4.28. The Kier molecular flexibility index (Phi) is 2.47. The summed E-state index contributed by atoms with van der Waals surface area (Å²) in [4.78, 5) is 29.8. The molecule has 0 aliphatic carbocycles. The normalized spacial score (nSPS) is 19.9. The van der Waals surface area contributed by atoms with Gasteiger partial charge in [0.2, 0.25) is 6.23 Å². The van der Waals surface area contributed by atoms with Gasteiger partial charge < -0.3 is 4.84 Å². The number of hydrogen-bond donors (Lipinski definition) is 1. The summed E-state index contributed by atoms with van der Waals surface area (Å²) < 4.78 is 1.96. The van der Waals surface area contributed by atoms with Crippen LogP contribution in [0.4, 0.5) is 0 Å². The Labute approximate surface area is 92.7 Å². The highest BCUT2D eigenvalue weighted by Crippen LogP contribution is 2.21. The summed E-state index contributed by atoms with van der Waals surface area (Å²) in [6, 6.07) is 0. The number of aromatic nitrogens is 2. The lowest BCUT2D eigenvalue weighted by molar-refractivity contribution is 0.0284. The van der Waals surface area contributed by atoms with Gasteiger partial charge >= 0.3 is 5.69 Å². The number of H-pyrrole nitrogens is 1. The van der Waals surface area contributed by atoms with Crippen molar-refractivity contribution in [1.29, 1.82) is 0 Å². The van der Waals surface area contributed by atoms with E-state index in [0.29, 0.717) is 16.6 Å². The molecule has 1 aliphatic rings. The molecule has 6 nitrogen and oxygen atoms in total. The van der Waals surface area contributed by atoms with Gasteiger partial charge in [0.15, 0.2) is 0 Å². The zero-order chi connectivity index (χ0) is 11.0. The molecule has 1 unspecified atom stereocenters. The Bertz CT molecular complexity index is 531. The van der Waals surface area contributed by atoms with Gasteiger partial charge in [0.25, 0.3) is 5.56 Å². The number of aromatic amines is 1. The number of hydrogen-bond acceptors (Lipinski definition) is 4. The number of aryl methyl sites for hydroxylation is 1. The predicted molar refractivity (Wildman–Crippen MR) is 57.2 cm³/mol. The van der Waals surface area contributed by atoms with Crippen LogP contribution in [0.15, 0.2) is 20.9 Å². The summed E-state index contributed by atoms with van der Waals surface area (Å²) in [7, 11) is 0. The number of rotatable bonds is 1. The van der Waals surface area contributed by atoms with Gasteiger partial charge in [-0.25, -0.2) is 4.79 Å². The fraction of sp³-hybridized carbons (Fsp3) is 0.375. The fourth-order valence-corrected chi connectivity index (χ4v) is 1.65. The first-order chi connectivity index (χ1) is 7.08. The molecule has 0 aromatic carbocycles. The van der Waals surface area contributed by atoms with Gasteiger partial charge in [-0.3, -0.25) is 14.3 Å². The molecule has 1 aromatic heterocycles. The second-order valence-corrected chi connectivity index (χ2v) is 4.13. The second kappa shape index (κ2) is 3.65. The number of oxime groups is 1. The van der Waals surface area contributed by atoms with E-state index in [1.54, 1.807) is 6.92 Å². The van der Waals surface area contributed by atoms with Crippen molar-refractivity contribution >= 4 is 20.6 Å². The molecule has 2 rings (SSSR count). The molecule has 0 spiro atoms. The molecular weight excluding hydrogens is 266 g/mol. The SMILES string of the molecule is Cc1cn(C2CC(Br)=NO2)c(=O)[nH]c1=O. The van der Waals surface area contributed by atoms with Gasteiger partial charge in [0, 0.05) is 11.8 Å². The Morgan fingerprint density at radius 1 is 1.67 bits per heavy atom. The zero-order valence-corrected chi connectivity index (χ0v) is 9.44. The molecule has 1 atom stereocenters. The van der Waals surface area contributed by atoms with E-state index in [1.807, 2.05) is 0 Å². The Morgan fingerprint density at radius 2 is 2.40 bits per heavy atom. The Balaban J connectivity index is 2.42. The fourth-order valence-electron chi connectivity index (χ4n) is 1.29. The first-order valence-corrected chi connectivity index (χ1v) is 5.07. The molecule has 0 radical (unpaired) electrons. The van der Waals surface area contributed by atoms with E-state index in [2.05, 4.69) is 26.1 Å². The molecule has 0 saturated heterocycles. The van der Waals surface area contributed by atoms with Crippen molar-refractivity contribution in [2.24, 2.45) is 5.16 Å². The lowest BCUT2D eigenvalue weighted by atomic mass is 10.3. The van der Waals surface area contributed by atoms with E-state index >= 15 is 0 Å². The quantitative estimate of drug-likeness (QED) is 0.808. The van der Waals surface area contributed by atoms with E-state index in [0.717, 1.165) is 0 Å². The van der Waals surface area contributed by atoms with Crippen molar-refractivity contribution in [1.82, 2.24) is 9.55 Å². The molecular formula is C8H8BrN3O3. The lowest BCUT2D eigenvalue weighted by Crippen LogP contribution is -2.33. The van der Waals surface area contributed by atoms with E-state index in [1.165, 1.54) is 10.8 Å². The molecule has 0 amide bonds. The summed E-state index contributed by atoms with van der Waals surface area (Å²) >= 11 is 3.17. The van der Waals surface area contributed by atoms with Crippen LogP contribution in [0, 0.1) is 6.92 Å². The van der Waals surface area contributed by atoms with E-state index < -0.39 is 11.9 Å². The summed E-state index contributed by atoms with van der Waals surface area (Å²) in [6.45, 7) is 1.62. The summed E-state index contributed by atoms with van der Waals surface area (Å²) in [5.41, 5.74) is -0.413. The molecule has 15 heavy (non-hydrogen) atoms. The summed E-state index contributed by atoms with van der Waals surface area (Å²) in [5, 5.41) is 3.67. The average molecular weight is 274 g/mol. The van der Waals surface area contributed by atoms with Crippen molar-refractivity contribution in [2.45, 2.75) is 19.6 Å². The standard InChI is InChI=1S/C8H8BrN3O3/c1-4-3-12(8(14)10-7(4)13)6-2-5(9)11-15-6/h3,6H,2H2,1H3,(H,10,13,14). The van der Waals surface area contributed by atoms with Crippen LogP contribution >= 0.6 is 15.9 Å². The van der Waals surface area contributed by atoms with Gasteiger partial charge in [0.05, 0.1) is 6.42 Å². The molecule has 0 bridgehead atoms. The first kappa shape index (κ1) is 10.2. The van der Waals surface area contributed by atoms with Crippen molar-refractivity contribution < 1.29 is 4.84 Å². The number of nitrogens with zero attached hydrogens (tertiary/aromatic N) is 2. The lowest BCUT2D eigenvalue weighted by Gasteiger charge is -2.11. The topological polar surface area (TPSA) is 76.5 Å². The Morgan fingerprint density at radius 3 is 3.00 bits per heavy atom. The molecule has 2 heterocycles. The minimum atomic E-state index is -0.493. The van der Waals surface area contributed by atoms with Crippen LogP contribution in [0.5, 0.6) is 0 Å². The molecule has 1 aromatic rings. The summed E-state index contributed by atoms with van der Waals surface area (Å²) in [5.74, 6) is 0. The molecule has 1 N–H and O–H groups in total. The van der Waals surface area contributed by atoms with Gasteiger partial charge in [-0.1, -0.05) is 5.16 Å². The van der Waals surface area contributed by atoms with Gasteiger partial charge in [0.1, 0.15) is 4.62 Å². The van der Waals surface area contributed by atoms with Crippen LogP contribution in [0.2, 0.25) is 0 Å². The van der Waals surface area contributed by atoms with E-state index in [9.17, 15) is 9.59 Å². The highest BCUT2D eigenvalue weighted by atomic mass is 79.9. The third-order valence-corrected chi connectivity index (χ3v) is 2.54. The molecule has 0 fully saturated rings. The van der Waals surface area contributed by atoms with Crippen LogP contribution in [-0.4, -0.2) is 14.2 Å². The van der Waals surface area contributed by atoms with Crippen molar-refractivity contribution in [3.8, 4) is 0 Å². The van der Waals surface area contributed by atoms with E-state index in [-0.39, 0.29) is 5.56 Å². The predicted octanol–water partition coefficient (Wildman–Crippen LogP) is 0.472. The third kappa shape index (κ3) is 1.87. The highest BCUT2D eigenvalue weighted by Gasteiger charge is 2.22. The van der Waals surface area contributed by atoms with Crippen LogP contribution in [-0.2, 0) is 4.84 Å². The molecule has 0 saturated carbocycles. The molecule has 1 aliphatic heterocycles. The smallest absolute Gasteiger partial charge is 0.331 e. The Hall–Kier alpha value is -1.37. The summed E-state index contributed by atoms with van der Waals surface area (Å²) in [6.07, 6.45) is 1.46. The van der Waals surface area contributed by atoms with Gasteiger partial charge in [-0.15, -0.1) is 0 Å². The maximum absolute atomic E-state index is 11.4. The van der Waals surface area contributed by atoms with Crippen LogP contribution in [0.1, 0.15) is 18.2 Å². The largest absolute Gasteiger partial charge is 0.369 e. The molecule has 80 valence electrons. The van der Waals surface area contributed by atoms with Crippen LogP contribution in [0.3, 0.4) is 0 Å². The minimum absolute atomic E-state index is 0.380. The van der Waals surface area contributed by atoms with Crippen molar-refractivity contribution in [2.75, 3.05) is 0 Å². The van der Waals surface area contributed by atoms with Crippen LogP contribution < -0.4 is 11.2 Å². The maximum atomic E-state index is 11.4. The highest BCUT2D eigenvalue weighted by molar-refractivity contribution is 9.18.